The molecule has 0 spiro atoms. The van der Waals surface area contributed by atoms with Crippen LogP contribution < -0.4 is 0 Å². The van der Waals surface area contributed by atoms with Crippen molar-refractivity contribution in [2.75, 3.05) is 0 Å². The Labute approximate surface area is 111 Å². The van der Waals surface area contributed by atoms with Crippen molar-refractivity contribution in [3.8, 4) is 0 Å². The summed E-state index contributed by atoms with van der Waals surface area (Å²) in [6, 6.07) is 0. The SMILES string of the molecule is C[C@H]1CCC2C(C)(C)CCC[C@]2(C)C1CC(=O)O. The van der Waals surface area contributed by atoms with Gasteiger partial charge in [0.05, 0.1) is 0 Å². The molecule has 2 saturated carbocycles. The van der Waals surface area contributed by atoms with Gasteiger partial charge in [0.2, 0.25) is 0 Å². The molecular weight excluding hydrogens is 224 g/mol. The number of hydrogen-bond donors (Lipinski definition) is 1. The van der Waals surface area contributed by atoms with Gasteiger partial charge in [-0.1, -0.05) is 40.5 Å². The van der Waals surface area contributed by atoms with Gasteiger partial charge in [0, 0.05) is 6.42 Å². The van der Waals surface area contributed by atoms with Gasteiger partial charge in [-0.25, -0.2) is 0 Å². The maximum Gasteiger partial charge on any atom is 0.303 e. The molecule has 2 aliphatic rings. The minimum absolute atomic E-state index is 0.248. The highest BCUT2D eigenvalue weighted by Crippen LogP contribution is 2.61. The van der Waals surface area contributed by atoms with Crippen molar-refractivity contribution < 1.29 is 9.90 Å². The molecule has 0 heterocycles. The standard InChI is InChI=1S/C16H28O2/c1-11-6-7-13-15(2,3)8-5-9-16(13,4)12(11)10-14(17)18/h11-13H,5-10H2,1-4H3,(H,17,18)/t11-,12?,13?,16+/m0/s1. The van der Waals surface area contributed by atoms with E-state index in [1.807, 2.05) is 0 Å². The second kappa shape index (κ2) is 4.54. The topological polar surface area (TPSA) is 37.3 Å². The molecule has 2 unspecified atom stereocenters. The van der Waals surface area contributed by atoms with Crippen LogP contribution in [0.4, 0.5) is 0 Å². The quantitative estimate of drug-likeness (QED) is 0.793. The molecule has 2 rings (SSSR count). The lowest BCUT2D eigenvalue weighted by Gasteiger charge is -2.59. The summed E-state index contributed by atoms with van der Waals surface area (Å²) in [5.74, 6) is 1.03. The molecule has 4 atom stereocenters. The number of fused-ring (bicyclic) bond motifs is 1. The van der Waals surface area contributed by atoms with Crippen LogP contribution in [0.2, 0.25) is 0 Å². The van der Waals surface area contributed by atoms with Crippen molar-refractivity contribution in [1.29, 1.82) is 0 Å². The highest BCUT2D eigenvalue weighted by Gasteiger charge is 2.53. The van der Waals surface area contributed by atoms with E-state index in [-0.39, 0.29) is 5.41 Å². The molecule has 0 amide bonds. The van der Waals surface area contributed by atoms with E-state index in [2.05, 4.69) is 27.7 Å². The van der Waals surface area contributed by atoms with Gasteiger partial charge >= 0.3 is 5.97 Å². The summed E-state index contributed by atoms with van der Waals surface area (Å²) in [5, 5.41) is 9.22. The summed E-state index contributed by atoms with van der Waals surface area (Å²) >= 11 is 0. The van der Waals surface area contributed by atoms with Crippen LogP contribution in [0.15, 0.2) is 0 Å². The average molecular weight is 252 g/mol. The first-order valence-corrected chi connectivity index (χ1v) is 7.49. The van der Waals surface area contributed by atoms with Crippen LogP contribution >= 0.6 is 0 Å². The number of hydrogen-bond acceptors (Lipinski definition) is 1. The Balaban J connectivity index is 2.30. The second-order valence-corrected chi connectivity index (χ2v) is 7.66. The van der Waals surface area contributed by atoms with E-state index < -0.39 is 5.97 Å². The largest absolute Gasteiger partial charge is 0.481 e. The third-order valence-corrected chi connectivity index (χ3v) is 6.12. The van der Waals surface area contributed by atoms with E-state index in [1.165, 1.54) is 32.1 Å². The van der Waals surface area contributed by atoms with Gasteiger partial charge in [-0.3, -0.25) is 4.79 Å². The fourth-order valence-corrected chi connectivity index (χ4v) is 5.23. The lowest BCUT2D eigenvalue weighted by Crippen LogP contribution is -2.51. The maximum absolute atomic E-state index is 11.2. The number of carbonyl (C=O) groups is 1. The first-order valence-electron chi connectivity index (χ1n) is 7.49. The molecule has 0 aliphatic heterocycles. The summed E-state index contributed by atoms with van der Waals surface area (Å²) < 4.78 is 0. The van der Waals surface area contributed by atoms with Crippen molar-refractivity contribution in [3.63, 3.8) is 0 Å². The molecule has 2 aliphatic carbocycles. The normalized spacial score (nSPS) is 43.2. The molecular formula is C16H28O2. The Hall–Kier alpha value is -0.530. The van der Waals surface area contributed by atoms with E-state index in [1.54, 1.807) is 0 Å². The van der Waals surface area contributed by atoms with Gasteiger partial charge in [0.1, 0.15) is 0 Å². The Morgan fingerprint density at radius 1 is 1.22 bits per heavy atom. The summed E-state index contributed by atoms with van der Waals surface area (Å²) in [4.78, 5) is 11.2. The molecule has 0 aromatic carbocycles. The minimum Gasteiger partial charge on any atom is -0.481 e. The fraction of sp³-hybridized carbons (Fsp3) is 0.938. The number of aliphatic carboxylic acids is 1. The van der Waals surface area contributed by atoms with Crippen LogP contribution in [0.25, 0.3) is 0 Å². The summed E-state index contributed by atoms with van der Waals surface area (Å²) in [6.45, 7) is 9.42. The first-order chi connectivity index (χ1) is 8.27. The molecule has 104 valence electrons. The van der Waals surface area contributed by atoms with Crippen LogP contribution in [-0.2, 0) is 4.79 Å². The van der Waals surface area contributed by atoms with Crippen molar-refractivity contribution in [3.05, 3.63) is 0 Å². The Morgan fingerprint density at radius 3 is 2.50 bits per heavy atom. The Bertz CT molecular complexity index is 334. The Kier molecular flexibility index (Phi) is 3.50. The molecule has 2 nitrogen and oxygen atoms in total. The number of rotatable bonds is 2. The molecule has 0 aromatic heterocycles. The summed E-state index contributed by atoms with van der Waals surface area (Å²) in [6.07, 6.45) is 6.67. The summed E-state index contributed by atoms with van der Waals surface area (Å²) in [7, 11) is 0. The Morgan fingerprint density at radius 2 is 1.89 bits per heavy atom. The summed E-state index contributed by atoms with van der Waals surface area (Å²) in [5.41, 5.74) is 0.641. The van der Waals surface area contributed by atoms with Crippen molar-refractivity contribution in [2.24, 2.45) is 28.6 Å². The predicted molar refractivity (Wildman–Crippen MR) is 73.4 cm³/mol. The van der Waals surface area contributed by atoms with Gasteiger partial charge < -0.3 is 5.11 Å². The van der Waals surface area contributed by atoms with Crippen LogP contribution in [0.5, 0.6) is 0 Å². The smallest absolute Gasteiger partial charge is 0.303 e. The lowest BCUT2D eigenvalue weighted by atomic mass is 9.46. The zero-order chi connectivity index (χ0) is 13.6. The second-order valence-electron chi connectivity index (χ2n) is 7.66. The predicted octanol–water partition coefficient (Wildman–Crippen LogP) is 4.34. The van der Waals surface area contributed by atoms with Gasteiger partial charge in [-0.2, -0.15) is 0 Å². The van der Waals surface area contributed by atoms with Crippen LogP contribution in [0.1, 0.15) is 66.2 Å². The van der Waals surface area contributed by atoms with E-state index in [0.717, 1.165) is 0 Å². The van der Waals surface area contributed by atoms with Crippen LogP contribution in [-0.4, -0.2) is 11.1 Å². The zero-order valence-corrected chi connectivity index (χ0v) is 12.3. The number of carboxylic acids is 1. The fourth-order valence-electron chi connectivity index (χ4n) is 5.23. The van der Waals surface area contributed by atoms with E-state index in [9.17, 15) is 9.90 Å². The molecule has 1 N–H and O–H groups in total. The van der Waals surface area contributed by atoms with E-state index in [4.69, 9.17) is 0 Å². The highest BCUT2D eigenvalue weighted by molar-refractivity contribution is 5.67. The zero-order valence-electron chi connectivity index (χ0n) is 12.3. The van der Waals surface area contributed by atoms with Gasteiger partial charge in [0.15, 0.2) is 0 Å². The van der Waals surface area contributed by atoms with Crippen molar-refractivity contribution in [1.82, 2.24) is 0 Å². The van der Waals surface area contributed by atoms with E-state index in [0.29, 0.717) is 29.6 Å². The average Bonchev–Trinajstić information content (AvgIpc) is 2.22. The molecule has 0 bridgehead atoms. The monoisotopic (exact) mass is 252 g/mol. The molecule has 0 saturated heterocycles. The molecule has 0 radical (unpaired) electrons. The number of carboxylic acid groups (broad SMARTS) is 1. The first kappa shape index (κ1) is 13.9. The van der Waals surface area contributed by atoms with Crippen LogP contribution in [0.3, 0.4) is 0 Å². The maximum atomic E-state index is 11.2. The van der Waals surface area contributed by atoms with Gasteiger partial charge in [0.25, 0.3) is 0 Å². The van der Waals surface area contributed by atoms with Crippen molar-refractivity contribution in [2.45, 2.75) is 66.2 Å². The third-order valence-electron chi connectivity index (χ3n) is 6.12. The van der Waals surface area contributed by atoms with Crippen molar-refractivity contribution >= 4 is 5.97 Å². The lowest BCUT2D eigenvalue weighted by molar-refractivity contribution is -0.146. The highest BCUT2D eigenvalue weighted by atomic mass is 16.4. The minimum atomic E-state index is -0.614. The van der Waals surface area contributed by atoms with Gasteiger partial charge in [-0.15, -0.1) is 0 Å². The van der Waals surface area contributed by atoms with Crippen LogP contribution in [0, 0.1) is 28.6 Å². The third kappa shape index (κ3) is 2.19. The van der Waals surface area contributed by atoms with E-state index >= 15 is 0 Å². The molecule has 2 heteroatoms. The molecule has 2 fully saturated rings. The molecule has 18 heavy (non-hydrogen) atoms. The van der Waals surface area contributed by atoms with Gasteiger partial charge in [-0.05, 0) is 47.8 Å². The molecule has 0 aromatic rings.